The molecule has 0 aliphatic heterocycles. The molecule has 1 heterocycles. The Hall–Kier alpha value is -0.940. The standard InChI is InChI=1S/C12H21N3OS/c1-7(2)9(13)10(16)15-11-14-8(6-17-11)12(3,4)5/h6-7,9H,13H2,1-5H3,(H,14,15,16). The summed E-state index contributed by atoms with van der Waals surface area (Å²) in [4.78, 5) is 16.1. The van der Waals surface area contributed by atoms with Crippen LogP contribution in [0, 0.1) is 5.92 Å². The highest BCUT2D eigenvalue weighted by Gasteiger charge is 2.21. The van der Waals surface area contributed by atoms with Crippen LogP contribution >= 0.6 is 11.3 Å². The van der Waals surface area contributed by atoms with Gasteiger partial charge in [0, 0.05) is 10.8 Å². The molecule has 3 N–H and O–H groups in total. The third kappa shape index (κ3) is 3.78. The lowest BCUT2D eigenvalue weighted by molar-refractivity contribution is -0.118. The molecule has 1 unspecified atom stereocenters. The molecular formula is C12H21N3OS. The first-order valence-electron chi connectivity index (χ1n) is 5.74. The lowest BCUT2D eigenvalue weighted by atomic mass is 9.93. The van der Waals surface area contributed by atoms with Crippen LogP contribution in [-0.2, 0) is 10.2 Å². The second-order valence-corrected chi connectivity index (χ2v) is 6.41. The Morgan fingerprint density at radius 3 is 2.47 bits per heavy atom. The number of nitrogens with one attached hydrogen (secondary N) is 1. The lowest BCUT2D eigenvalue weighted by Crippen LogP contribution is -2.39. The minimum absolute atomic E-state index is 0.000355. The number of hydrogen-bond donors (Lipinski definition) is 2. The van der Waals surface area contributed by atoms with Crippen LogP contribution in [0.3, 0.4) is 0 Å². The van der Waals surface area contributed by atoms with Gasteiger partial charge in [-0.2, -0.15) is 0 Å². The van der Waals surface area contributed by atoms with Crippen molar-refractivity contribution < 1.29 is 4.79 Å². The van der Waals surface area contributed by atoms with Crippen LogP contribution in [0.2, 0.25) is 0 Å². The Labute approximate surface area is 107 Å². The van der Waals surface area contributed by atoms with Gasteiger partial charge < -0.3 is 11.1 Å². The second-order valence-electron chi connectivity index (χ2n) is 5.55. The van der Waals surface area contributed by atoms with E-state index in [0.717, 1.165) is 5.69 Å². The van der Waals surface area contributed by atoms with Crippen LogP contribution in [0.15, 0.2) is 5.38 Å². The Morgan fingerprint density at radius 2 is 2.06 bits per heavy atom. The van der Waals surface area contributed by atoms with Crippen molar-refractivity contribution in [1.29, 1.82) is 0 Å². The van der Waals surface area contributed by atoms with Gasteiger partial charge in [0.1, 0.15) is 0 Å². The molecule has 0 spiro atoms. The van der Waals surface area contributed by atoms with Gasteiger partial charge in [-0.3, -0.25) is 4.79 Å². The molecule has 1 aromatic heterocycles. The molecule has 0 saturated heterocycles. The average Bonchev–Trinajstić information content (AvgIpc) is 2.64. The van der Waals surface area contributed by atoms with Gasteiger partial charge in [0.2, 0.25) is 5.91 Å². The highest BCUT2D eigenvalue weighted by atomic mass is 32.1. The Balaban J connectivity index is 2.71. The second kappa shape index (κ2) is 5.14. The van der Waals surface area contributed by atoms with Gasteiger partial charge in [-0.25, -0.2) is 4.98 Å². The Bertz CT molecular complexity index is 393. The fourth-order valence-electron chi connectivity index (χ4n) is 1.17. The minimum atomic E-state index is -0.489. The van der Waals surface area contributed by atoms with E-state index in [-0.39, 0.29) is 17.2 Å². The Morgan fingerprint density at radius 1 is 1.47 bits per heavy atom. The van der Waals surface area contributed by atoms with Gasteiger partial charge in [0.25, 0.3) is 0 Å². The first-order valence-corrected chi connectivity index (χ1v) is 6.62. The van der Waals surface area contributed by atoms with Crippen LogP contribution in [0.25, 0.3) is 0 Å². The van der Waals surface area contributed by atoms with Gasteiger partial charge in [-0.1, -0.05) is 34.6 Å². The van der Waals surface area contributed by atoms with Crippen molar-refractivity contribution in [3.05, 3.63) is 11.1 Å². The smallest absolute Gasteiger partial charge is 0.243 e. The highest BCUT2D eigenvalue weighted by molar-refractivity contribution is 7.13. The molecule has 0 saturated carbocycles. The number of carbonyl (C=O) groups excluding carboxylic acids is 1. The van der Waals surface area contributed by atoms with E-state index in [1.165, 1.54) is 11.3 Å². The monoisotopic (exact) mass is 255 g/mol. The molecule has 0 aromatic carbocycles. The molecule has 0 radical (unpaired) electrons. The summed E-state index contributed by atoms with van der Waals surface area (Å²) in [6, 6.07) is -0.489. The summed E-state index contributed by atoms with van der Waals surface area (Å²) in [7, 11) is 0. The first kappa shape index (κ1) is 14.1. The largest absolute Gasteiger partial charge is 0.320 e. The van der Waals surface area contributed by atoms with Crippen LogP contribution in [-0.4, -0.2) is 16.9 Å². The number of nitrogens with zero attached hydrogens (tertiary/aromatic N) is 1. The van der Waals surface area contributed by atoms with Crippen molar-refractivity contribution in [2.45, 2.75) is 46.1 Å². The van der Waals surface area contributed by atoms with Crippen LogP contribution in [0.4, 0.5) is 5.13 Å². The predicted molar refractivity (Wildman–Crippen MR) is 72.3 cm³/mol. The average molecular weight is 255 g/mol. The molecule has 0 bridgehead atoms. The molecule has 0 aliphatic rings. The predicted octanol–water partition coefficient (Wildman–Crippen LogP) is 2.36. The van der Waals surface area contributed by atoms with Gasteiger partial charge >= 0.3 is 0 Å². The van der Waals surface area contributed by atoms with Crippen molar-refractivity contribution in [2.75, 3.05) is 5.32 Å². The topological polar surface area (TPSA) is 68.0 Å². The van der Waals surface area contributed by atoms with E-state index in [0.29, 0.717) is 5.13 Å². The van der Waals surface area contributed by atoms with Crippen LogP contribution in [0.1, 0.15) is 40.3 Å². The SMILES string of the molecule is CC(C)C(N)C(=O)Nc1nc(C(C)(C)C)cs1. The summed E-state index contributed by atoms with van der Waals surface area (Å²) in [5.41, 5.74) is 6.75. The number of rotatable bonds is 3. The van der Waals surface area contributed by atoms with Crippen LogP contribution < -0.4 is 11.1 Å². The van der Waals surface area contributed by atoms with E-state index >= 15 is 0 Å². The van der Waals surface area contributed by atoms with Gasteiger partial charge in [-0.15, -0.1) is 11.3 Å². The normalized spacial score (nSPS) is 13.8. The first-order chi connectivity index (χ1) is 7.71. The van der Waals surface area contributed by atoms with E-state index < -0.39 is 6.04 Å². The summed E-state index contributed by atoms with van der Waals surface area (Å²) in [6.07, 6.45) is 0. The molecule has 0 aliphatic carbocycles. The molecule has 1 rings (SSSR count). The number of anilines is 1. The molecule has 5 heteroatoms. The summed E-state index contributed by atoms with van der Waals surface area (Å²) >= 11 is 1.44. The van der Waals surface area contributed by atoms with Crippen molar-refractivity contribution in [2.24, 2.45) is 11.7 Å². The fraction of sp³-hybridized carbons (Fsp3) is 0.667. The van der Waals surface area contributed by atoms with E-state index in [9.17, 15) is 4.79 Å². The number of hydrogen-bond acceptors (Lipinski definition) is 4. The van der Waals surface area contributed by atoms with Crippen molar-refractivity contribution in [3.8, 4) is 0 Å². The molecule has 1 atom stereocenters. The third-order valence-electron chi connectivity index (χ3n) is 2.52. The third-order valence-corrected chi connectivity index (χ3v) is 3.28. The minimum Gasteiger partial charge on any atom is -0.320 e. The molecule has 0 fully saturated rings. The molecule has 1 amide bonds. The Kier molecular flexibility index (Phi) is 4.27. The molecule has 17 heavy (non-hydrogen) atoms. The quantitative estimate of drug-likeness (QED) is 0.871. The fourth-order valence-corrected chi connectivity index (χ4v) is 2.11. The zero-order valence-electron chi connectivity index (χ0n) is 11.1. The van der Waals surface area contributed by atoms with E-state index in [4.69, 9.17) is 5.73 Å². The van der Waals surface area contributed by atoms with Gasteiger partial charge in [0.05, 0.1) is 11.7 Å². The lowest BCUT2D eigenvalue weighted by Gasteiger charge is -2.15. The summed E-state index contributed by atoms with van der Waals surface area (Å²) in [5.74, 6) is -0.0492. The number of nitrogens with two attached hydrogens (primary N) is 1. The highest BCUT2D eigenvalue weighted by Crippen LogP contribution is 2.26. The molecule has 1 aromatic rings. The molecule has 96 valence electrons. The number of aromatic nitrogens is 1. The maximum absolute atomic E-state index is 11.7. The molecule has 4 nitrogen and oxygen atoms in total. The van der Waals surface area contributed by atoms with Gasteiger partial charge in [0.15, 0.2) is 5.13 Å². The van der Waals surface area contributed by atoms with Crippen molar-refractivity contribution in [3.63, 3.8) is 0 Å². The number of carbonyl (C=O) groups is 1. The summed E-state index contributed by atoms with van der Waals surface area (Å²) in [5, 5.41) is 5.35. The summed E-state index contributed by atoms with van der Waals surface area (Å²) < 4.78 is 0. The van der Waals surface area contributed by atoms with Crippen molar-refractivity contribution >= 4 is 22.4 Å². The van der Waals surface area contributed by atoms with E-state index in [1.807, 2.05) is 19.2 Å². The number of amides is 1. The maximum Gasteiger partial charge on any atom is 0.243 e. The number of thiazole rings is 1. The summed E-state index contributed by atoms with van der Waals surface area (Å²) in [6.45, 7) is 10.1. The van der Waals surface area contributed by atoms with Crippen LogP contribution in [0.5, 0.6) is 0 Å². The van der Waals surface area contributed by atoms with E-state index in [1.54, 1.807) is 0 Å². The maximum atomic E-state index is 11.7. The van der Waals surface area contributed by atoms with E-state index in [2.05, 4.69) is 31.1 Å². The molecular weight excluding hydrogens is 234 g/mol. The van der Waals surface area contributed by atoms with Crippen molar-refractivity contribution in [1.82, 2.24) is 4.98 Å². The van der Waals surface area contributed by atoms with Gasteiger partial charge in [-0.05, 0) is 5.92 Å². The zero-order chi connectivity index (χ0) is 13.2. The zero-order valence-corrected chi connectivity index (χ0v) is 11.9.